The number of hydrogen-bond acceptors (Lipinski definition) is 3. The second-order valence-electron chi connectivity index (χ2n) is 7.35. The summed E-state index contributed by atoms with van der Waals surface area (Å²) in [5.41, 5.74) is 2.56. The number of nitrogens with zero attached hydrogens (tertiary/aromatic N) is 3. The minimum Gasteiger partial charge on any atom is -0.477 e. The van der Waals surface area contributed by atoms with E-state index in [4.69, 9.17) is 0 Å². The fraction of sp³-hybridized carbons (Fsp3) is 0.450. The van der Waals surface area contributed by atoms with E-state index in [1.807, 2.05) is 19.9 Å². The Balaban J connectivity index is 1.99. The maximum atomic E-state index is 13.0. The lowest BCUT2D eigenvalue weighted by molar-refractivity contribution is -0.130. The molecule has 2 heterocycles. The lowest BCUT2D eigenvalue weighted by Crippen LogP contribution is -2.50. The van der Waals surface area contributed by atoms with Gasteiger partial charge < -0.3 is 19.5 Å². The summed E-state index contributed by atoms with van der Waals surface area (Å²) < 4.78 is 1.67. The van der Waals surface area contributed by atoms with E-state index in [2.05, 4.69) is 0 Å². The third-order valence-corrected chi connectivity index (χ3v) is 5.26. The Hall–Kier alpha value is -2.83. The Morgan fingerprint density at radius 3 is 2.11 bits per heavy atom. The summed E-state index contributed by atoms with van der Waals surface area (Å²) in [7, 11) is 1.74. The molecule has 0 unspecified atom stereocenters. The van der Waals surface area contributed by atoms with Gasteiger partial charge in [0.1, 0.15) is 5.69 Å². The van der Waals surface area contributed by atoms with Crippen LogP contribution in [0.4, 0.5) is 0 Å². The average Bonchev–Trinajstić information content (AvgIpc) is 2.97. The molecule has 1 aromatic carbocycles. The molecule has 7 heteroatoms. The molecular weight excluding hydrogens is 346 g/mol. The summed E-state index contributed by atoms with van der Waals surface area (Å²) in [5.74, 6) is -0.902. The molecule has 1 aliphatic rings. The molecule has 0 atom stereocenters. The van der Waals surface area contributed by atoms with Crippen LogP contribution in [0.5, 0.6) is 0 Å². The van der Waals surface area contributed by atoms with Crippen LogP contribution in [-0.4, -0.2) is 63.4 Å². The fourth-order valence-corrected chi connectivity index (χ4v) is 3.72. The van der Waals surface area contributed by atoms with Gasteiger partial charge >= 0.3 is 5.97 Å². The molecular formula is C20H25N3O4. The van der Waals surface area contributed by atoms with Crippen LogP contribution in [0.1, 0.15) is 53.1 Å². The molecule has 3 rings (SSSR count). The van der Waals surface area contributed by atoms with Crippen LogP contribution in [-0.2, 0) is 11.8 Å². The van der Waals surface area contributed by atoms with Crippen LogP contribution >= 0.6 is 0 Å². The van der Waals surface area contributed by atoms with Crippen molar-refractivity contribution in [3.8, 4) is 0 Å². The number of amides is 2. The summed E-state index contributed by atoms with van der Waals surface area (Å²) in [5, 5.41) is 10.2. The first-order chi connectivity index (χ1) is 12.7. The number of carbonyl (C=O) groups excluding carboxylic acids is 2. The number of benzene rings is 1. The van der Waals surface area contributed by atoms with Crippen molar-refractivity contribution >= 4 is 28.7 Å². The maximum Gasteiger partial charge on any atom is 0.352 e. The number of piperazine rings is 1. The summed E-state index contributed by atoms with van der Waals surface area (Å²) >= 11 is 0. The van der Waals surface area contributed by atoms with Crippen molar-refractivity contribution in [1.82, 2.24) is 14.4 Å². The number of carbonyl (C=O) groups is 3. The van der Waals surface area contributed by atoms with Crippen LogP contribution < -0.4 is 0 Å². The van der Waals surface area contributed by atoms with Crippen LogP contribution in [0.2, 0.25) is 0 Å². The summed E-state index contributed by atoms with van der Waals surface area (Å²) in [6, 6.07) is 5.26. The molecule has 1 N–H and O–H groups in total. The molecule has 1 aromatic heterocycles. The molecule has 0 bridgehead atoms. The summed E-state index contributed by atoms with van der Waals surface area (Å²) in [6.07, 6.45) is 0. The number of aromatic carboxylic acids is 1. The number of aromatic nitrogens is 1. The lowest BCUT2D eigenvalue weighted by Gasteiger charge is -2.34. The van der Waals surface area contributed by atoms with E-state index >= 15 is 0 Å². The number of hydrogen-bond donors (Lipinski definition) is 1. The second-order valence-corrected chi connectivity index (χ2v) is 7.35. The predicted octanol–water partition coefficient (Wildman–Crippen LogP) is 2.30. The number of fused-ring (bicyclic) bond motifs is 1. The van der Waals surface area contributed by atoms with E-state index in [1.54, 1.807) is 33.5 Å². The number of carboxylic acids is 1. The van der Waals surface area contributed by atoms with Crippen LogP contribution in [0.25, 0.3) is 10.9 Å². The molecule has 144 valence electrons. The molecule has 27 heavy (non-hydrogen) atoms. The molecule has 1 fully saturated rings. The molecule has 0 spiro atoms. The van der Waals surface area contributed by atoms with Crippen LogP contribution in [0, 0.1) is 0 Å². The zero-order chi connectivity index (χ0) is 19.9. The zero-order valence-electron chi connectivity index (χ0n) is 16.2. The van der Waals surface area contributed by atoms with Gasteiger partial charge in [0.25, 0.3) is 5.91 Å². The Bertz CT molecular complexity index is 921. The van der Waals surface area contributed by atoms with Gasteiger partial charge in [-0.25, -0.2) is 4.79 Å². The van der Waals surface area contributed by atoms with Crippen molar-refractivity contribution in [2.75, 3.05) is 26.2 Å². The zero-order valence-corrected chi connectivity index (χ0v) is 16.2. The van der Waals surface area contributed by atoms with Crippen molar-refractivity contribution in [2.24, 2.45) is 7.05 Å². The molecule has 0 aliphatic carbocycles. The van der Waals surface area contributed by atoms with Gasteiger partial charge in [-0.05, 0) is 29.7 Å². The number of rotatable bonds is 3. The summed E-state index contributed by atoms with van der Waals surface area (Å²) in [4.78, 5) is 39.5. The largest absolute Gasteiger partial charge is 0.477 e. The lowest BCUT2D eigenvalue weighted by atomic mass is 9.97. The van der Waals surface area contributed by atoms with Gasteiger partial charge in [-0.3, -0.25) is 9.59 Å². The maximum absolute atomic E-state index is 13.0. The highest BCUT2D eigenvalue weighted by molar-refractivity contribution is 6.02. The first-order valence-electron chi connectivity index (χ1n) is 9.12. The van der Waals surface area contributed by atoms with Gasteiger partial charge in [0.15, 0.2) is 0 Å². The monoisotopic (exact) mass is 371 g/mol. The van der Waals surface area contributed by atoms with Crippen molar-refractivity contribution in [3.63, 3.8) is 0 Å². The van der Waals surface area contributed by atoms with E-state index in [0.29, 0.717) is 31.7 Å². The Morgan fingerprint density at radius 2 is 1.59 bits per heavy atom. The second kappa shape index (κ2) is 7.06. The Labute approximate surface area is 158 Å². The highest BCUT2D eigenvalue weighted by atomic mass is 16.4. The van der Waals surface area contributed by atoms with Crippen molar-refractivity contribution < 1.29 is 19.5 Å². The minimum absolute atomic E-state index is 0.0242. The number of carboxylic acid groups (broad SMARTS) is 1. The third-order valence-electron chi connectivity index (χ3n) is 5.26. The van der Waals surface area contributed by atoms with Crippen molar-refractivity contribution in [3.05, 3.63) is 35.0 Å². The predicted molar refractivity (Wildman–Crippen MR) is 102 cm³/mol. The smallest absolute Gasteiger partial charge is 0.352 e. The van der Waals surface area contributed by atoms with Gasteiger partial charge in [0.2, 0.25) is 5.91 Å². The molecule has 7 nitrogen and oxygen atoms in total. The van der Waals surface area contributed by atoms with Gasteiger partial charge in [0.05, 0.1) is 5.52 Å². The van der Waals surface area contributed by atoms with Crippen molar-refractivity contribution in [2.45, 2.75) is 26.7 Å². The van der Waals surface area contributed by atoms with Crippen LogP contribution in [0.3, 0.4) is 0 Å². The standard InChI is InChI=1S/C20H25N3O4/c1-12(2)16-10-15(9-14-11-17(20(26)27)21(4)18(14)16)19(25)23-7-5-22(6-8-23)13(3)24/h9-12H,5-8H2,1-4H3,(H,26,27). The molecule has 1 aliphatic heterocycles. The Morgan fingerprint density at radius 1 is 1.00 bits per heavy atom. The topological polar surface area (TPSA) is 82.8 Å². The number of aryl methyl sites for hydroxylation is 1. The van der Waals surface area contributed by atoms with Gasteiger partial charge in [-0.2, -0.15) is 0 Å². The van der Waals surface area contributed by atoms with Gasteiger partial charge in [-0.15, -0.1) is 0 Å². The van der Waals surface area contributed by atoms with E-state index in [9.17, 15) is 19.5 Å². The quantitative estimate of drug-likeness (QED) is 0.897. The summed E-state index contributed by atoms with van der Waals surface area (Å²) in [6.45, 7) is 7.68. The highest BCUT2D eigenvalue weighted by Gasteiger charge is 2.25. The van der Waals surface area contributed by atoms with Gasteiger partial charge in [0, 0.05) is 51.1 Å². The Kier molecular flexibility index (Phi) is 4.95. The molecule has 0 radical (unpaired) electrons. The minimum atomic E-state index is -0.989. The third kappa shape index (κ3) is 3.41. The average molecular weight is 371 g/mol. The normalized spacial score (nSPS) is 14.9. The van der Waals surface area contributed by atoms with Crippen LogP contribution in [0.15, 0.2) is 18.2 Å². The molecule has 2 amide bonds. The first-order valence-corrected chi connectivity index (χ1v) is 9.12. The van der Waals surface area contributed by atoms with E-state index in [0.717, 1.165) is 16.5 Å². The van der Waals surface area contributed by atoms with Gasteiger partial charge in [-0.1, -0.05) is 13.8 Å². The first kappa shape index (κ1) is 18.9. The van der Waals surface area contributed by atoms with E-state index < -0.39 is 5.97 Å². The van der Waals surface area contributed by atoms with Crippen molar-refractivity contribution in [1.29, 1.82) is 0 Å². The molecule has 2 aromatic rings. The highest BCUT2D eigenvalue weighted by Crippen LogP contribution is 2.30. The van der Waals surface area contributed by atoms with E-state index in [-0.39, 0.29) is 23.4 Å². The molecule has 0 saturated carbocycles. The SMILES string of the molecule is CC(=O)N1CCN(C(=O)c2cc(C(C)C)c3c(c2)cc(C(=O)O)n3C)CC1. The van der Waals surface area contributed by atoms with E-state index in [1.165, 1.54) is 6.92 Å². The fourth-order valence-electron chi connectivity index (χ4n) is 3.72. The molecule has 1 saturated heterocycles.